The van der Waals surface area contributed by atoms with Gasteiger partial charge in [0.25, 0.3) is 5.69 Å². The Bertz CT molecular complexity index is 818. The molecule has 116 valence electrons. The van der Waals surface area contributed by atoms with E-state index in [9.17, 15) is 10.1 Å². The average molecular weight is 326 g/mol. The Hall–Kier alpha value is -2.67. The van der Waals surface area contributed by atoms with Gasteiger partial charge < -0.3 is 5.32 Å². The highest BCUT2D eigenvalue weighted by Gasteiger charge is 2.23. The van der Waals surface area contributed by atoms with Gasteiger partial charge in [0.2, 0.25) is 0 Å². The summed E-state index contributed by atoms with van der Waals surface area (Å²) in [5, 5.41) is 14.5. The van der Waals surface area contributed by atoms with Crippen LogP contribution in [0.15, 0.2) is 41.5 Å². The van der Waals surface area contributed by atoms with Crippen LogP contribution < -0.4 is 5.32 Å². The lowest BCUT2D eigenvalue weighted by Crippen LogP contribution is -2.12. The zero-order valence-electron chi connectivity index (χ0n) is 12.4. The van der Waals surface area contributed by atoms with E-state index in [2.05, 4.69) is 15.3 Å². The van der Waals surface area contributed by atoms with Crippen molar-refractivity contribution in [1.29, 1.82) is 0 Å². The highest BCUT2D eigenvalue weighted by molar-refractivity contribution is 7.80. The molecule has 0 radical (unpaired) electrons. The number of benzodiazepines with no additional fused rings is 1. The maximum Gasteiger partial charge on any atom is 0.273 e. The molecule has 2 heterocycles. The van der Waals surface area contributed by atoms with Crippen molar-refractivity contribution in [3.8, 4) is 0 Å². The molecule has 0 atom stereocenters. The molecule has 23 heavy (non-hydrogen) atoms. The van der Waals surface area contributed by atoms with Crippen LogP contribution in [0.5, 0.6) is 0 Å². The van der Waals surface area contributed by atoms with E-state index < -0.39 is 0 Å². The third-order valence-electron chi connectivity index (χ3n) is 3.61. The quantitative estimate of drug-likeness (QED) is 0.532. The number of aryl methyl sites for hydroxylation is 1. The molecule has 3 rings (SSSR count). The lowest BCUT2D eigenvalue weighted by molar-refractivity contribution is -0.385. The van der Waals surface area contributed by atoms with Crippen LogP contribution in [-0.2, 0) is 6.42 Å². The van der Waals surface area contributed by atoms with E-state index in [4.69, 9.17) is 12.2 Å². The van der Waals surface area contributed by atoms with E-state index in [1.54, 1.807) is 18.3 Å². The molecule has 0 saturated heterocycles. The van der Waals surface area contributed by atoms with Gasteiger partial charge in [-0.2, -0.15) is 0 Å². The van der Waals surface area contributed by atoms with Crippen molar-refractivity contribution in [1.82, 2.24) is 4.98 Å². The van der Waals surface area contributed by atoms with E-state index in [1.807, 2.05) is 25.1 Å². The Balaban J connectivity index is 2.24. The molecule has 0 unspecified atom stereocenters. The fourth-order valence-electron chi connectivity index (χ4n) is 2.53. The number of nitro benzene ring substituents is 1. The molecule has 2 aromatic rings. The van der Waals surface area contributed by atoms with Gasteiger partial charge in [-0.15, -0.1) is 0 Å². The fraction of sp³-hybridized carbons (Fsp3) is 0.188. The Morgan fingerprint density at radius 1 is 1.39 bits per heavy atom. The Morgan fingerprint density at radius 3 is 2.87 bits per heavy atom. The largest absolute Gasteiger partial charge is 0.348 e. The minimum atomic E-state index is -0.363. The SMILES string of the molecule is CCc1cc2c(cc1[N+](=O)[O-])C(c1ccccn1)=NCC(=S)N2. The number of benzene rings is 1. The molecular formula is C16H14N4O2S. The summed E-state index contributed by atoms with van der Waals surface area (Å²) in [6.45, 7) is 2.21. The smallest absolute Gasteiger partial charge is 0.273 e. The molecule has 0 spiro atoms. The third kappa shape index (κ3) is 2.95. The van der Waals surface area contributed by atoms with E-state index in [1.165, 1.54) is 0 Å². The van der Waals surface area contributed by atoms with Crippen molar-refractivity contribution in [3.63, 3.8) is 0 Å². The second-order valence-corrected chi connectivity index (χ2v) is 5.56. The van der Waals surface area contributed by atoms with Crippen molar-refractivity contribution in [2.75, 3.05) is 11.9 Å². The third-order valence-corrected chi connectivity index (χ3v) is 3.85. The lowest BCUT2D eigenvalue weighted by atomic mass is 9.99. The summed E-state index contributed by atoms with van der Waals surface area (Å²) in [4.78, 5) is 20.4. The van der Waals surface area contributed by atoms with Crippen molar-refractivity contribution < 1.29 is 4.92 Å². The first-order valence-electron chi connectivity index (χ1n) is 7.17. The molecule has 0 bridgehead atoms. The van der Waals surface area contributed by atoms with E-state index in [-0.39, 0.29) is 10.6 Å². The second kappa shape index (κ2) is 6.21. The van der Waals surface area contributed by atoms with Crippen LogP contribution in [0.25, 0.3) is 0 Å². The molecular weight excluding hydrogens is 312 g/mol. The Morgan fingerprint density at radius 2 is 2.22 bits per heavy atom. The molecule has 0 aliphatic carbocycles. The number of fused-ring (bicyclic) bond motifs is 1. The summed E-state index contributed by atoms with van der Waals surface area (Å²) >= 11 is 5.26. The Labute approximate surface area is 138 Å². The first-order valence-corrected chi connectivity index (χ1v) is 7.58. The van der Waals surface area contributed by atoms with Crippen LogP contribution in [0.1, 0.15) is 23.7 Å². The minimum absolute atomic E-state index is 0.0875. The van der Waals surface area contributed by atoms with Crippen molar-refractivity contribution >= 4 is 34.3 Å². The topological polar surface area (TPSA) is 80.4 Å². The van der Waals surface area contributed by atoms with Gasteiger partial charge in [-0.3, -0.25) is 20.1 Å². The summed E-state index contributed by atoms with van der Waals surface area (Å²) in [5.41, 5.74) is 3.40. The number of anilines is 1. The number of thiocarbonyl (C=S) groups is 1. The molecule has 0 amide bonds. The average Bonchev–Trinajstić information content (AvgIpc) is 2.72. The fourth-order valence-corrected chi connectivity index (χ4v) is 2.71. The zero-order valence-corrected chi connectivity index (χ0v) is 13.3. The van der Waals surface area contributed by atoms with Crippen LogP contribution >= 0.6 is 12.2 Å². The van der Waals surface area contributed by atoms with Crippen molar-refractivity contribution in [2.45, 2.75) is 13.3 Å². The predicted octanol–water partition coefficient (Wildman–Crippen LogP) is 3.14. The number of nitro groups is 1. The van der Waals surface area contributed by atoms with Crippen molar-refractivity contribution in [2.24, 2.45) is 4.99 Å². The van der Waals surface area contributed by atoms with E-state index >= 15 is 0 Å². The van der Waals surface area contributed by atoms with E-state index in [0.29, 0.717) is 40.5 Å². The van der Waals surface area contributed by atoms with Gasteiger partial charge in [0.1, 0.15) is 4.99 Å². The molecule has 1 aromatic heterocycles. The van der Waals surface area contributed by atoms with Crippen molar-refractivity contribution in [3.05, 3.63) is 63.5 Å². The van der Waals surface area contributed by atoms with Gasteiger partial charge in [-0.05, 0) is 24.6 Å². The summed E-state index contributed by atoms with van der Waals surface area (Å²) in [7, 11) is 0. The van der Waals surface area contributed by atoms with Gasteiger partial charge in [-0.25, -0.2) is 0 Å². The number of aliphatic imine (C=N–C) groups is 1. The van der Waals surface area contributed by atoms with Gasteiger partial charge in [-0.1, -0.05) is 25.2 Å². The molecule has 1 aromatic carbocycles. The normalized spacial score (nSPS) is 13.6. The lowest BCUT2D eigenvalue weighted by Gasteiger charge is -2.12. The molecule has 1 aliphatic heterocycles. The zero-order chi connectivity index (χ0) is 16.4. The molecule has 7 heteroatoms. The second-order valence-electron chi connectivity index (χ2n) is 5.07. The number of aromatic nitrogens is 1. The number of pyridine rings is 1. The number of nitrogens with zero attached hydrogens (tertiary/aromatic N) is 3. The van der Waals surface area contributed by atoms with Gasteiger partial charge >= 0.3 is 0 Å². The van der Waals surface area contributed by atoms with Crippen LogP contribution in [0, 0.1) is 10.1 Å². The summed E-state index contributed by atoms with van der Waals surface area (Å²) in [6, 6.07) is 8.84. The van der Waals surface area contributed by atoms with Gasteiger partial charge in [0, 0.05) is 29.1 Å². The standard InChI is InChI=1S/C16H14N4O2S/c1-2-10-7-13-11(8-14(10)20(21)22)16(18-9-15(23)19-13)12-5-3-4-6-17-12/h3-8H,2,9H2,1H3,(H,19,23). The van der Waals surface area contributed by atoms with Gasteiger partial charge in [0.05, 0.1) is 22.9 Å². The maximum absolute atomic E-state index is 11.4. The monoisotopic (exact) mass is 326 g/mol. The summed E-state index contributed by atoms with van der Waals surface area (Å²) < 4.78 is 0. The molecule has 0 saturated carbocycles. The van der Waals surface area contributed by atoms with Crippen LogP contribution in [0.4, 0.5) is 11.4 Å². The van der Waals surface area contributed by atoms with Crippen LogP contribution in [0.3, 0.4) is 0 Å². The molecule has 6 nitrogen and oxygen atoms in total. The van der Waals surface area contributed by atoms with E-state index in [0.717, 1.165) is 5.69 Å². The van der Waals surface area contributed by atoms with Crippen LogP contribution in [0.2, 0.25) is 0 Å². The Kier molecular flexibility index (Phi) is 4.12. The molecule has 1 aliphatic rings. The first kappa shape index (κ1) is 15.2. The minimum Gasteiger partial charge on any atom is -0.348 e. The number of rotatable bonds is 3. The highest BCUT2D eigenvalue weighted by Crippen LogP contribution is 2.30. The summed E-state index contributed by atoms with van der Waals surface area (Å²) in [5.74, 6) is 0. The number of nitrogens with one attached hydrogen (secondary N) is 1. The molecule has 1 N–H and O–H groups in total. The highest BCUT2D eigenvalue weighted by atomic mass is 32.1. The first-order chi connectivity index (χ1) is 11.1. The van der Waals surface area contributed by atoms with Crippen LogP contribution in [-0.4, -0.2) is 27.2 Å². The maximum atomic E-state index is 11.4. The number of hydrogen-bond donors (Lipinski definition) is 1. The molecule has 0 fully saturated rings. The number of hydrogen-bond acceptors (Lipinski definition) is 5. The van der Waals surface area contributed by atoms with Gasteiger partial charge in [0.15, 0.2) is 0 Å². The summed E-state index contributed by atoms with van der Waals surface area (Å²) in [6.07, 6.45) is 2.23. The predicted molar refractivity (Wildman–Crippen MR) is 93.4 cm³/mol.